The van der Waals surface area contributed by atoms with Gasteiger partial charge in [-0.1, -0.05) is 35.0 Å². The van der Waals surface area contributed by atoms with Crippen molar-refractivity contribution in [3.05, 3.63) is 69.4 Å². The number of nitrogens with one attached hydrogen (secondary N) is 1. The molecule has 0 aliphatic carbocycles. The Hall–Kier alpha value is -2.54. The third-order valence-corrected chi connectivity index (χ3v) is 4.40. The van der Waals surface area contributed by atoms with Crippen LogP contribution in [0.15, 0.2) is 58.1 Å². The fraction of sp³-hybridized carbons (Fsp3) is 0.167. The maximum absolute atomic E-state index is 13.9. The number of carbonyl (C=O) groups is 1. The highest BCUT2D eigenvalue weighted by Gasteiger charge is 2.21. The number of hydrogen-bond acceptors (Lipinski definition) is 3. The minimum atomic E-state index is -0.785. The second-order valence-electron chi connectivity index (χ2n) is 5.51. The first-order valence-corrected chi connectivity index (χ1v) is 8.52. The second-order valence-corrected chi connectivity index (χ2v) is 6.43. The number of benzene rings is 2. The summed E-state index contributed by atoms with van der Waals surface area (Å²) in [5.74, 6) is -1.02. The molecular formula is C18H15BrFN3O2. The van der Waals surface area contributed by atoms with Gasteiger partial charge in [0.1, 0.15) is 11.9 Å². The van der Waals surface area contributed by atoms with Gasteiger partial charge in [0.05, 0.1) is 22.9 Å². The molecule has 1 amide bonds. The molecular weight excluding hydrogens is 389 g/mol. The molecule has 0 aliphatic rings. The average Bonchev–Trinajstić information content (AvgIpc) is 2.60. The molecule has 3 aromatic rings. The molecule has 128 valence electrons. The standard InChI is InChI=1S/C18H15BrFN3O2/c1-2-16(17(24)22-15-8-7-11(19)9-13(15)20)23-10-21-14-6-4-3-5-12(14)18(23)25/h3-10,16H,2H2,1H3,(H,22,24)/t16-/m1/s1. The highest BCUT2D eigenvalue weighted by molar-refractivity contribution is 9.10. The summed E-state index contributed by atoms with van der Waals surface area (Å²) in [7, 11) is 0. The number of carbonyl (C=O) groups excluding carboxylic acids is 1. The van der Waals surface area contributed by atoms with Gasteiger partial charge in [-0.05, 0) is 36.8 Å². The van der Waals surface area contributed by atoms with E-state index in [4.69, 9.17) is 0 Å². The zero-order valence-electron chi connectivity index (χ0n) is 13.4. The van der Waals surface area contributed by atoms with E-state index in [1.165, 1.54) is 23.0 Å². The van der Waals surface area contributed by atoms with Gasteiger partial charge in [-0.3, -0.25) is 14.2 Å². The van der Waals surface area contributed by atoms with Crippen molar-refractivity contribution in [1.29, 1.82) is 0 Å². The van der Waals surface area contributed by atoms with Crippen molar-refractivity contribution in [3.8, 4) is 0 Å². The van der Waals surface area contributed by atoms with Crippen LogP contribution < -0.4 is 10.9 Å². The van der Waals surface area contributed by atoms with E-state index >= 15 is 0 Å². The van der Waals surface area contributed by atoms with E-state index in [1.807, 2.05) is 0 Å². The first-order chi connectivity index (χ1) is 12.0. The van der Waals surface area contributed by atoms with Crippen molar-refractivity contribution >= 4 is 38.4 Å². The van der Waals surface area contributed by atoms with Gasteiger partial charge >= 0.3 is 0 Å². The molecule has 0 radical (unpaired) electrons. The van der Waals surface area contributed by atoms with Gasteiger partial charge in [-0.25, -0.2) is 9.37 Å². The quantitative estimate of drug-likeness (QED) is 0.718. The van der Waals surface area contributed by atoms with Crippen LogP contribution in [-0.4, -0.2) is 15.5 Å². The summed E-state index contributed by atoms with van der Waals surface area (Å²) >= 11 is 3.17. The molecule has 1 N–H and O–H groups in total. The van der Waals surface area contributed by atoms with E-state index in [2.05, 4.69) is 26.2 Å². The van der Waals surface area contributed by atoms with E-state index in [1.54, 1.807) is 37.3 Å². The van der Waals surface area contributed by atoms with E-state index in [0.717, 1.165) is 0 Å². The van der Waals surface area contributed by atoms with Crippen molar-refractivity contribution in [2.24, 2.45) is 0 Å². The van der Waals surface area contributed by atoms with Crippen LogP contribution in [0.4, 0.5) is 10.1 Å². The molecule has 3 rings (SSSR count). The Morgan fingerprint density at radius 3 is 2.80 bits per heavy atom. The lowest BCUT2D eigenvalue weighted by Gasteiger charge is -2.18. The van der Waals surface area contributed by atoms with Crippen LogP contribution in [0.1, 0.15) is 19.4 Å². The normalized spacial score (nSPS) is 12.1. The zero-order valence-corrected chi connectivity index (χ0v) is 15.0. The SMILES string of the molecule is CC[C@H](C(=O)Nc1ccc(Br)cc1F)n1cnc2ccccc2c1=O. The number of para-hydroxylation sites is 1. The van der Waals surface area contributed by atoms with E-state index in [0.29, 0.717) is 21.8 Å². The van der Waals surface area contributed by atoms with Crippen LogP contribution in [0.5, 0.6) is 0 Å². The third kappa shape index (κ3) is 3.46. The molecule has 7 heteroatoms. The lowest BCUT2D eigenvalue weighted by Crippen LogP contribution is -2.33. The smallest absolute Gasteiger partial charge is 0.261 e. The van der Waals surface area contributed by atoms with Crippen LogP contribution in [-0.2, 0) is 4.79 Å². The number of hydrogen-bond donors (Lipinski definition) is 1. The number of rotatable bonds is 4. The zero-order chi connectivity index (χ0) is 18.0. The Morgan fingerprint density at radius 2 is 2.08 bits per heavy atom. The highest BCUT2D eigenvalue weighted by atomic mass is 79.9. The lowest BCUT2D eigenvalue weighted by molar-refractivity contribution is -0.119. The second kappa shape index (κ2) is 7.14. The van der Waals surface area contributed by atoms with Crippen molar-refractivity contribution in [1.82, 2.24) is 9.55 Å². The summed E-state index contributed by atoms with van der Waals surface area (Å²) in [6, 6.07) is 10.5. The molecule has 0 bridgehead atoms. The van der Waals surface area contributed by atoms with Gasteiger partial charge in [-0.2, -0.15) is 0 Å². The molecule has 2 aromatic carbocycles. The molecule has 0 fully saturated rings. The molecule has 1 heterocycles. The topological polar surface area (TPSA) is 64.0 Å². The third-order valence-electron chi connectivity index (χ3n) is 3.90. The summed E-state index contributed by atoms with van der Waals surface area (Å²) in [5.41, 5.74) is 0.329. The largest absolute Gasteiger partial charge is 0.322 e. The number of halogens is 2. The number of aromatic nitrogens is 2. The van der Waals surface area contributed by atoms with Gasteiger partial charge in [-0.15, -0.1) is 0 Å². The van der Waals surface area contributed by atoms with Gasteiger partial charge in [0.15, 0.2) is 0 Å². The monoisotopic (exact) mass is 403 g/mol. The molecule has 0 unspecified atom stereocenters. The van der Waals surface area contributed by atoms with Crippen LogP contribution in [0.25, 0.3) is 10.9 Å². The molecule has 0 aliphatic heterocycles. The Bertz CT molecular complexity index is 1000. The molecule has 1 atom stereocenters. The molecule has 0 saturated carbocycles. The lowest BCUT2D eigenvalue weighted by atomic mass is 10.1. The van der Waals surface area contributed by atoms with Gasteiger partial charge in [0, 0.05) is 4.47 Å². The molecule has 0 saturated heterocycles. The van der Waals surface area contributed by atoms with E-state index in [9.17, 15) is 14.0 Å². The van der Waals surface area contributed by atoms with Gasteiger partial charge < -0.3 is 5.32 Å². The highest BCUT2D eigenvalue weighted by Crippen LogP contribution is 2.21. The fourth-order valence-corrected chi connectivity index (χ4v) is 2.95. The number of fused-ring (bicyclic) bond motifs is 1. The predicted molar refractivity (Wildman–Crippen MR) is 98.1 cm³/mol. The number of anilines is 1. The van der Waals surface area contributed by atoms with Crippen molar-refractivity contribution in [3.63, 3.8) is 0 Å². The maximum atomic E-state index is 13.9. The predicted octanol–water partition coefficient (Wildman–Crippen LogP) is 3.89. The molecule has 0 spiro atoms. The minimum Gasteiger partial charge on any atom is -0.322 e. The fourth-order valence-electron chi connectivity index (χ4n) is 2.62. The summed E-state index contributed by atoms with van der Waals surface area (Å²) < 4.78 is 15.8. The number of amides is 1. The average molecular weight is 404 g/mol. The van der Waals surface area contributed by atoms with Crippen LogP contribution in [0, 0.1) is 5.82 Å². The van der Waals surface area contributed by atoms with Gasteiger partial charge in [0.2, 0.25) is 5.91 Å². The molecule has 1 aromatic heterocycles. The minimum absolute atomic E-state index is 0.0634. The maximum Gasteiger partial charge on any atom is 0.261 e. The van der Waals surface area contributed by atoms with E-state index in [-0.39, 0.29) is 11.2 Å². The van der Waals surface area contributed by atoms with Crippen LogP contribution >= 0.6 is 15.9 Å². The van der Waals surface area contributed by atoms with Crippen molar-refractivity contribution in [2.75, 3.05) is 5.32 Å². The Morgan fingerprint density at radius 1 is 1.32 bits per heavy atom. The van der Waals surface area contributed by atoms with Crippen LogP contribution in [0.3, 0.4) is 0 Å². The first kappa shape index (κ1) is 17.3. The van der Waals surface area contributed by atoms with Crippen molar-refractivity contribution in [2.45, 2.75) is 19.4 Å². The number of nitrogens with zero attached hydrogens (tertiary/aromatic N) is 2. The summed E-state index contributed by atoms with van der Waals surface area (Å²) in [6.45, 7) is 1.78. The summed E-state index contributed by atoms with van der Waals surface area (Å²) in [6.07, 6.45) is 1.72. The van der Waals surface area contributed by atoms with E-state index < -0.39 is 17.8 Å². The summed E-state index contributed by atoms with van der Waals surface area (Å²) in [4.78, 5) is 29.5. The Labute approximate surface area is 151 Å². The summed E-state index contributed by atoms with van der Waals surface area (Å²) in [5, 5.41) is 2.98. The first-order valence-electron chi connectivity index (χ1n) is 7.73. The van der Waals surface area contributed by atoms with Crippen LogP contribution in [0.2, 0.25) is 0 Å². The molecule has 5 nitrogen and oxygen atoms in total. The molecule has 25 heavy (non-hydrogen) atoms. The Kier molecular flexibility index (Phi) is 4.94. The van der Waals surface area contributed by atoms with Crippen molar-refractivity contribution < 1.29 is 9.18 Å². The Balaban J connectivity index is 1.95. The van der Waals surface area contributed by atoms with Gasteiger partial charge in [0.25, 0.3) is 5.56 Å².